The molecule has 0 saturated heterocycles. The molecule has 3 unspecified atom stereocenters. The van der Waals surface area contributed by atoms with Gasteiger partial charge in [0.1, 0.15) is 40.2 Å². The van der Waals surface area contributed by atoms with E-state index in [2.05, 4.69) is 21.5 Å². The molecule has 1 spiro atoms. The van der Waals surface area contributed by atoms with Crippen molar-refractivity contribution in [2.24, 2.45) is 5.92 Å². The fourth-order valence-corrected chi connectivity index (χ4v) is 7.61. The molecule has 1 aromatic heterocycles. The summed E-state index contributed by atoms with van der Waals surface area (Å²) >= 11 is 6.66. The number of hydrogen-bond acceptors (Lipinski definition) is 11. The molecule has 0 amide bonds. The second-order valence-corrected chi connectivity index (χ2v) is 12.8. The van der Waals surface area contributed by atoms with Crippen molar-refractivity contribution in [3.05, 3.63) is 87.3 Å². The number of nitrogens with one attached hydrogen (secondary N) is 1. The number of carbonyl (C=O) groups is 2. The maximum absolute atomic E-state index is 15.0. The molecule has 3 aromatic carbocycles. The zero-order chi connectivity index (χ0) is 34.0. The first-order chi connectivity index (χ1) is 23.8. The number of benzene rings is 3. The van der Waals surface area contributed by atoms with Crippen LogP contribution in [-0.2, 0) is 17.6 Å². The van der Waals surface area contributed by atoms with Gasteiger partial charge in [-0.15, -0.1) is 0 Å². The van der Waals surface area contributed by atoms with Gasteiger partial charge in [-0.3, -0.25) is 9.59 Å². The molecule has 3 aliphatic heterocycles. The average molecular weight is 685 g/mol. The molecule has 12 nitrogen and oxygen atoms in total. The van der Waals surface area contributed by atoms with Crippen LogP contribution in [0.3, 0.4) is 0 Å². The molecule has 0 fully saturated rings. The lowest BCUT2D eigenvalue weighted by molar-refractivity contribution is -0.130. The van der Waals surface area contributed by atoms with E-state index in [-0.39, 0.29) is 27.8 Å². The lowest BCUT2D eigenvalue weighted by Crippen LogP contribution is -2.58. The fraction of sp³-hybridized carbons (Fsp3) is 0.333. The molecule has 252 valence electrons. The number of carbonyl (C=O) groups excluding carboxylic acids is 2. The lowest BCUT2D eigenvalue weighted by atomic mass is 9.69. The van der Waals surface area contributed by atoms with E-state index in [4.69, 9.17) is 40.0 Å². The molecule has 0 radical (unpaired) electrons. The Labute approximate surface area is 286 Å². The zero-order valence-electron chi connectivity index (χ0n) is 27.3. The van der Waals surface area contributed by atoms with Crippen LogP contribution in [-0.4, -0.2) is 66.5 Å². The summed E-state index contributed by atoms with van der Waals surface area (Å²) in [7, 11) is 4.47. The maximum Gasteiger partial charge on any atom is 0.236 e. The van der Waals surface area contributed by atoms with E-state index in [1.807, 2.05) is 31.2 Å². The highest BCUT2D eigenvalue weighted by Crippen LogP contribution is 2.55. The number of nitrogens with zero attached hydrogens (tertiary/aromatic N) is 3. The maximum atomic E-state index is 15.0. The van der Waals surface area contributed by atoms with Gasteiger partial charge >= 0.3 is 0 Å². The van der Waals surface area contributed by atoms with Gasteiger partial charge in [-0.05, 0) is 41.3 Å². The lowest BCUT2D eigenvalue weighted by Gasteiger charge is -2.41. The molecule has 0 bridgehead atoms. The Morgan fingerprint density at radius 2 is 1.82 bits per heavy atom. The van der Waals surface area contributed by atoms with Gasteiger partial charge in [0.15, 0.2) is 17.2 Å². The van der Waals surface area contributed by atoms with Crippen LogP contribution < -0.4 is 33.7 Å². The minimum absolute atomic E-state index is 0.0601. The van der Waals surface area contributed by atoms with Crippen molar-refractivity contribution in [1.29, 1.82) is 0 Å². The van der Waals surface area contributed by atoms with Crippen LogP contribution in [0.15, 0.2) is 60.1 Å². The molecule has 8 rings (SSSR count). The van der Waals surface area contributed by atoms with E-state index in [1.54, 1.807) is 17.9 Å². The molecule has 1 aliphatic carbocycles. The third-order valence-corrected chi connectivity index (χ3v) is 10.1. The number of rotatable bonds is 8. The van der Waals surface area contributed by atoms with Crippen molar-refractivity contribution in [2.75, 3.05) is 39.9 Å². The highest BCUT2D eigenvalue weighted by atomic mass is 35.5. The number of aromatic nitrogens is 3. The summed E-state index contributed by atoms with van der Waals surface area (Å²) in [4.78, 5) is 33.8. The van der Waals surface area contributed by atoms with Crippen molar-refractivity contribution in [3.8, 4) is 34.5 Å². The Bertz CT molecular complexity index is 2080. The number of fused-ring (bicyclic) bond motifs is 3. The van der Waals surface area contributed by atoms with Gasteiger partial charge in [0, 0.05) is 36.1 Å². The first-order valence-corrected chi connectivity index (χ1v) is 16.3. The van der Waals surface area contributed by atoms with E-state index >= 15 is 0 Å². The van der Waals surface area contributed by atoms with Gasteiger partial charge in [-0.1, -0.05) is 36.7 Å². The number of ketones is 2. The first-order valence-electron chi connectivity index (χ1n) is 16.0. The standard InChI is InChI=1S/C36H33ClN4O8/c1-18-13-22-28(33(42)36(18)34(43)29-26(45-3)16-27(46-4)30(37)32(29)49-36)31(41-35(40-22)38-17-39-41)21-6-8-24(44-2)25(15-21)48-11-9-19-5-7-23-20(14-19)10-12-47-23/h5-8,14-18,31H,9-13H2,1-4H3,(H,38,39,40). The summed E-state index contributed by atoms with van der Waals surface area (Å²) < 4.78 is 36.6. The third-order valence-electron chi connectivity index (χ3n) is 9.79. The van der Waals surface area contributed by atoms with Gasteiger partial charge < -0.3 is 33.7 Å². The predicted molar refractivity (Wildman–Crippen MR) is 178 cm³/mol. The van der Waals surface area contributed by atoms with Crippen LogP contribution in [0.4, 0.5) is 5.95 Å². The van der Waals surface area contributed by atoms with E-state index in [0.29, 0.717) is 60.3 Å². The SMILES string of the molecule is COc1ccc(C2C3=C(CC(C)C4(Oc5c(Cl)c(OC)cc(OC)c5C4=O)C3=O)Nc3ncnn32)cc1OCCc1ccc2c(c1)CCO2. The fourth-order valence-electron chi connectivity index (χ4n) is 7.35. The molecular weight excluding hydrogens is 652 g/mol. The van der Waals surface area contributed by atoms with E-state index in [1.165, 1.54) is 32.2 Å². The zero-order valence-corrected chi connectivity index (χ0v) is 28.1. The largest absolute Gasteiger partial charge is 0.496 e. The monoisotopic (exact) mass is 684 g/mol. The quantitative estimate of drug-likeness (QED) is 0.239. The summed E-state index contributed by atoms with van der Waals surface area (Å²) in [5, 5.41) is 7.87. The van der Waals surface area contributed by atoms with Crippen LogP contribution in [0.5, 0.6) is 34.5 Å². The first kappa shape index (κ1) is 31.1. The Kier molecular flexibility index (Phi) is 7.43. The van der Waals surface area contributed by atoms with Crippen LogP contribution in [0.1, 0.15) is 46.4 Å². The van der Waals surface area contributed by atoms with Gasteiger partial charge in [0.2, 0.25) is 23.1 Å². The number of ether oxygens (including phenoxy) is 6. The van der Waals surface area contributed by atoms with Crippen LogP contribution in [0.2, 0.25) is 5.02 Å². The smallest absolute Gasteiger partial charge is 0.236 e. The van der Waals surface area contributed by atoms with Crippen molar-refractivity contribution in [1.82, 2.24) is 14.8 Å². The van der Waals surface area contributed by atoms with E-state index < -0.39 is 29.1 Å². The molecule has 4 aromatic rings. The minimum Gasteiger partial charge on any atom is -0.496 e. The average Bonchev–Trinajstić information content (AvgIpc) is 3.85. The summed E-state index contributed by atoms with van der Waals surface area (Å²) in [6, 6.07) is 12.5. The second-order valence-electron chi connectivity index (χ2n) is 12.4. The Balaban J connectivity index is 1.16. The molecule has 4 heterocycles. The van der Waals surface area contributed by atoms with Gasteiger partial charge in [-0.25, -0.2) is 4.68 Å². The molecular formula is C36H33ClN4O8. The number of anilines is 1. The molecule has 3 atom stereocenters. The second kappa shape index (κ2) is 11.7. The molecule has 4 aliphatic rings. The summed E-state index contributed by atoms with van der Waals surface area (Å²) in [5.41, 5.74) is 2.21. The Morgan fingerprint density at radius 3 is 2.61 bits per heavy atom. The van der Waals surface area contributed by atoms with Crippen LogP contribution in [0.25, 0.3) is 0 Å². The minimum atomic E-state index is -1.89. The van der Waals surface area contributed by atoms with Gasteiger partial charge in [0.25, 0.3) is 0 Å². The van der Waals surface area contributed by atoms with Gasteiger partial charge in [0.05, 0.1) is 34.5 Å². The van der Waals surface area contributed by atoms with E-state index in [9.17, 15) is 9.59 Å². The van der Waals surface area contributed by atoms with Crippen molar-refractivity contribution < 1.29 is 38.0 Å². The number of Topliss-reactive ketones (excluding diaryl/α,β-unsaturated/α-hetero) is 2. The van der Waals surface area contributed by atoms with E-state index in [0.717, 1.165) is 17.7 Å². The molecule has 0 saturated carbocycles. The predicted octanol–water partition coefficient (Wildman–Crippen LogP) is 5.41. The van der Waals surface area contributed by atoms with Crippen molar-refractivity contribution in [2.45, 2.75) is 37.8 Å². The number of hydrogen-bond donors (Lipinski definition) is 1. The topological polar surface area (TPSA) is 132 Å². The highest BCUT2D eigenvalue weighted by Gasteiger charge is 2.63. The van der Waals surface area contributed by atoms with Crippen molar-refractivity contribution in [3.63, 3.8) is 0 Å². The Morgan fingerprint density at radius 1 is 1.00 bits per heavy atom. The molecule has 13 heteroatoms. The molecule has 49 heavy (non-hydrogen) atoms. The van der Waals surface area contributed by atoms with Crippen LogP contribution in [0, 0.1) is 5.92 Å². The normalized spacial score (nSPS) is 21.7. The summed E-state index contributed by atoms with van der Waals surface area (Å²) in [5.74, 6) is 1.37. The number of methoxy groups -OCH3 is 3. The van der Waals surface area contributed by atoms with Crippen molar-refractivity contribution >= 4 is 29.1 Å². The van der Waals surface area contributed by atoms with Gasteiger partial charge in [-0.2, -0.15) is 10.1 Å². The highest BCUT2D eigenvalue weighted by molar-refractivity contribution is 6.36. The number of halogens is 1. The summed E-state index contributed by atoms with van der Waals surface area (Å²) in [6.07, 6.45) is 3.30. The molecule has 1 N–H and O–H groups in total. The summed E-state index contributed by atoms with van der Waals surface area (Å²) in [6.45, 7) is 2.90. The van der Waals surface area contributed by atoms with Crippen LogP contribution >= 0.6 is 11.6 Å². The number of allylic oxidation sites excluding steroid dienone is 1. The third kappa shape index (κ3) is 4.64. The Hall–Kier alpha value is -5.23.